The molecule has 0 aromatic heterocycles. The molecule has 88 valence electrons. The second-order valence-electron chi connectivity index (χ2n) is 4.16. The van der Waals surface area contributed by atoms with Gasteiger partial charge in [0.25, 0.3) is 0 Å². The number of hydrogen-bond donors (Lipinski definition) is 1. The standard InChI is InChI=1S/C11H22N2OS/c1-10(15(2)14)7-9-13-11-6-4-3-5-8-12-11/h10H,3-9H2,1-2H3,(H,12,13). The molecule has 0 saturated heterocycles. The van der Waals surface area contributed by atoms with Gasteiger partial charge in [0.2, 0.25) is 0 Å². The van der Waals surface area contributed by atoms with E-state index in [1.54, 1.807) is 6.26 Å². The maximum atomic E-state index is 11.1. The van der Waals surface area contributed by atoms with Crippen LogP contribution in [0.5, 0.6) is 0 Å². The molecule has 0 fully saturated rings. The molecule has 0 radical (unpaired) electrons. The predicted octanol–water partition coefficient (Wildman–Crippen LogP) is 1.71. The van der Waals surface area contributed by atoms with Gasteiger partial charge in [0.05, 0.1) is 5.84 Å². The Morgan fingerprint density at radius 1 is 1.47 bits per heavy atom. The quantitative estimate of drug-likeness (QED) is 0.799. The van der Waals surface area contributed by atoms with Crippen LogP contribution < -0.4 is 5.32 Å². The summed E-state index contributed by atoms with van der Waals surface area (Å²) < 4.78 is 11.1. The van der Waals surface area contributed by atoms with E-state index >= 15 is 0 Å². The number of hydrogen-bond acceptors (Lipinski definition) is 3. The van der Waals surface area contributed by atoms with Crippen molar-refractivity contribution in [1.29, 1.82) is 0 Å². The van der Waals surface area contributed by atoms with Gasteiger partial charge in [-0.1, -0.05) is 13.3 Å². The highest BCUT2D eigenvalue weighted by atomic mass is 32.2. The van der Waals surface area contributed by atoms with Gasteiger partial charge in [0.15, 0.2) is 0 Å². The van der Waals surface area contributed by atoms with Gasteiger partial charge in [-0.3, -0.25) is 9.20 Å². The van der Waals surface area contributed by atoms with Crippen molar-refractivity contribution in [3.05, 3.63) is 0 Å². The predicted molar refractivity (Wildman–Crippen MR) is 66.9 cm³/mol. The van der Waals surface area contributed by atoms with Gasteiger partial charge in [-0.25, -0.2) is 0 Å². The third kappa shape index (κ3) is 5.30. The van der Waals surface area contributed by atoms with E-state index in [-0.39, 0.29) is 5.25 Å². The van der Waals surface area contributed by atoms with Crippen LogP contribution in [0.4, 0.5) is 0 Å². The average molecular weight is 230 g/mol. The summed E-state index contributed by atoms with van der Waals surface area (Å²) in [5, 5.41) is 3.64. The summed E-state index contributed by atoms with van der Waals surface area (Å²) in [6, 6.07) is 0. The number of aliphatic imine (C=N–C) groups is 1. The molecule has 0 aromatic rings. The number of rotatable bonds is 4. The number of amidine groups is 1. The first-order valence-electron chi connectivity index (χ1n) is 5.79. The minimum absolute atomic E-state index is 0.281. The summed E-state index contributed by atoms with van der Waals surface area (Å²) in [4.78, 5) is 4.49. The van der Waals surface area contributed by atoms with Crippen molar-refractivity contribution in [3.8, 4) is 0 Å². The number of nitrogens with zero attached hydrogens (tertiary/aromatic N) is 1. The van der Waals surface area contributed by atoms with Gasteiger partial charge in [0.1, 0.15) is 0 Å². The maximum absolute atomic E-state index is 11.1. The molecule has 2 atom stereocenters. The average Bonchev–Trinajstić information content (AvgIpc) is 2.46. The monoisotopic (exact) mass is 230 g/mol. The Morgan fingerprint density at radius 2 is 2.27 bits per heavy atom. The molecule has 0 saturated carbocycles. The number of nitrogens with one attached hydrogen (secondary N) is 1. The van der Waals surface area contributed by atoms with Crippen LogP contribution in [0.25, 0.3) is 0 Å². The van der Waals surface area contributed by atoms with Gasteiger partial charge in [-0.05, 0) is 19.3 Å². The molecule has 0 aliphatic carbocycles. The fourth-order valence-corrected chi connectivity index (χ4v) is 2.05. The summed E-state index contributed by atoms with van der Waals surface area (Å²) in [5.41, 5.74) is 0. The van der Waals surface area contributed by atoms with Gasteiger partial charge in [-0.15, -0.1) is 0 Å². The van der Waals surface area contributed by atoms with Crippen molar-refractivity contribution in [3.63, 3.8) is 0 Å². The largest absolute Gasteiger partial charge is 0.374 e. The molecular weight excluding hydrogens is 208 g/mol. The third-order valence-electron chi connectivity index (χ3n) is 2.82. The van der Waals surface area contributed by atoms with Crippen molar-refractivity contribution < 1.29 is 4.21 Å². The molecule has 4 heteroatoms. The maximum Gasteiger partial charge on any atom is 0.0963 e. The van der Waals surface area contributed by atoms with Crippen LogP contribution in [-0.4, -0.2) is 34.6 Å². The lowest BCUT2D eigenvalue weighted by atomic mass is 10.2. The van der Waals surface area contributed by atoms with Crippen LogP contribution in [-0.2, 0) is 10.8 Å². The first-order valence-corrected chi connectivity index (χ1v) is 7.41. The molecule has 1 rings (SSSR count). The van der Waals surface area contributed by atoms with E-state index in [0.717, 1.165) is 31.8 Å². The van der Waals surface area contributed by atoms with E-state index in [1.807, 2.05) is 6.92 Å². The lowest BCUT2D eigenvalue weighted by Gasteiger charge is -2.11. The topological polar surface area (TPSA) is 41.5 Å². The second kappa shape index (κ2) is 6.99. The molecule has 15 heavy (non-hydrogen) atoms. The Labute approximate surface area is 95.2 Å². The highest BCUT2D eigenvalue weighted by Crippen LogP contribution is 2.06. The second-order valence-corrected chi connectivity index (χ2v) is 5.97. The Balaban J connectivity index is 2.18. The van der Waals surface area contributed by atoms with E-state index in [2.05, 4.69) is 10.3 Å². The first kappa shape index (κ1) is 12.7. The smallest absolute Gasteiger partial charge is 0.0963 e. The van der Waals surface area contributed by atoms with E-state index in [0.29, 0.717) is 0 Å². The Kier molecular flexibility index (Phi) is 5.91. The van der Waals surface area contributed by atoms with E-state index < -0.39 is 10.8 Å². The molecule has 2 unspecified atom stereocenters. The Morgan fingerprint density at radius 3 is 3.00 bits per heavy atom. The minimum atomic E-state index is -0.700. The molecular formula is C11H22N2OS. The third-order valence-corrected chi connectivity index (χ3v) is 4.19. The summed E-state index contributed by atoms with van der Waals surface area (Å²) in [6.45, 7) is 3.91. The normalized spacial score (nSPS) is 21.3. The molecule has 0 amide bonds. The highest BCUT2D eigenvalue weighted by molar-refractivity contribution is 7.84. The minimum Gasteiger partial charge on any atom is -0.374 e. The zero-order valence-electron chi connectivity index (χ0n) is 9.79. The van der Waals surface area contributed by atoms with Gasteiger partial charge < -0.3 is 5.32 Å². The van der Waals surface area contributed by atoms with Crippen molar-refractivity contribution >= 4 is 16.6 Å². The Hall–Kier alpha value is -0.380. The van der Waals surface area contributed by atoms with Crippen molar-refractivity contribution in [1.82, 2.24) is 5.32 Å². The van der Waals surface area contributed by atoms with Gasteiger partial charge >= 0.3 is 0 Å². The molecule has 0 bridgehead atoms. The first-order chi connectivity index (χ1) is 7.20. The van der Waals surface area contributed by atoms with Gasteiger partial charge in [-0.2, -0.15) is 0 Å². The molecule has 0 aromatic carbocycles. The van der Waals surface area contributed by atoms with Crippen LogP contribution in [0, 0.1) is 0 Å². The van der Waals surface area contributed by atoms with Crippen LogP contribution >= 0.6 is 0 Å². The van der Waals surface area contributed by atoms with Gasteiger partial charge in [0, 0.05) is 41.8 Å². The fourth-order valence-electron chi connectivity index (χ4n) is 1.60. The molecule has 1 heterocycles. The van der Waals surface area contributed by atoms with Crippen LogP contribution in [0.1, 0.15) is 39.0 Å². The zero-order valence-corrected chi connectivity index (χ0v) is 10.6. The van der Waals surface area contributed by atoms with Crippen LogP contribution in [0.15, 0.2) is 4.99 Å². The summed E-state index contributed by atoms with van der Waals surface area (Å²) in [6.07, 6.45) is 7.59. The molecule has 1 N–H and O–H groups in total. The van der Waals surface area contributed by atoms with Crippen LogP contribution in [0.2, 0.25) is 0 Å². The van der Waals surface area contributed by atoms with E-state index in [4.69, 9.17) is 0 Å². The summed E-state index contributed by atoms with van der Waals surface area (Å²) in [5.74, 6) is 1.15. The SMILES string of the molecule is CC(CCNC1=NCCCCC1)S(C)=O. The van der Waals surface area contributed by atoms with Crippen LogP contribution in [0.3, 0.4) is 0 Å². The fraction of sp³-hybridized carbons (Fsp3) is 0.909. The molecule has 0 spiro atoms. The van der Waals surface area contributed by atoms with Crippen molar-refractivity contribution in [2.45, 2.75) is 44.3 Å². The zero-order chi connectivity index (χ0) is 11.1. The summed E-state index contributed by atoms with van der Waals surface area (Å²) in [7, 11) is -0.700. The van der Waals surface area contributed by atoms with E-state index in [9.17, 15) is 4.21 Å². The Bertz CT molecular complexity index is 241. The lowest BCUT2D eigenvalue weighted by molar-refractivity contribution is 0.664. The molecule has 1 aliphatic heterocycles. The molecule has 3 nitrogen and oxygen atoms in total. The summed E-state index contributed by atoms with van der Waals surface area (Å²) >= 11 is 0. The lowest BCUT2D eigenvalue weighted by Crippen LogP contribution is -2.27. The molecule has 1 aliphatic rings. The van der Waals surface area contributed by atoms with E-state index in [1.165, 1.54) is 19.3 Å². The van der Waals surface area contributed by atoms with Crippen molar-refractivity contribution in [2.24, 2.45) is 4.99 Å². The highest BCUT2D eigenvalue weighted by Gasteiger charge is 2.07. The van der Waals surface area contributed by atoms with Crippen molar-refractivity contribution in [2.75, 3.05) is 19.3 Å².